The van der Waals surface area contributed by atoms with Gasteiger partial charge in [-0.15, -0.1) is 0 Å². The van der Waals surface area contributed by atoms with Crippen LogP contribution in [0.5, 0.6) is 0 Å². The Morgan fingerprint density at radius 1 is 0.714 bits per heavy atom. The molecule has 0 radical (unpaired) electrons. The average Bonchev–Trinajstić information content (AvgIpc) is 2.13. The van der Waals surface area contributed by atoms with Gasteiger partial charge in [0.1, 0.15) is 0 Å². The van der Waals surface area contributed by atoms with Crippen LogP contribution in [-0.4, -0.2) is 5.66 Å². The molecule has 0 saturated heterocycles. The molecule has 4 N–H and O–H groups in total. The number of rotatable bonds is 9. The minimum atomic E-state index is -0.400. The molecule has 86 valence electrons. The van der Waals surface area contributed by atoms with E-state index in [1.54, 1.807) is 0 Å². The molecule has 0 unspecified atom stereocenters. The first kappa shape index (κ1) is 13.9. The van der Waals surface area contributed by atoms with Gasteiger partial charge in [0.2, 0.25) is 0 Å². The first-order valence-corrected chi connectivity index (χ1v) is 6.20. The van der Waals surface area contributed by atoms with Crippen LogP contribution >= 0.6 is 0 Å². The molecule has 0 saturated carbocycles. The third-order valence-electron chi connectivity index (χ3n) is 2.74. The third-order valence-corrected chi connectivity index (χ3v) is 2.74. The van der Waals surface area contributed by atoms with Gasteiger partial charge in [0.25, 0.3) is 0 Å². The molecule has 0 spiro atoms. The summed E-state index contributed by atoms with van der Waals surface area (Å²) < 4.78 is 0. The summed E-state index contributed by atoms with van der Waals surface area (Å²) in [5.41, 5.74) is 11.6. The van der Waals surface area contributed by atoms with E-state index in [9.17, 15) is 0 Å². The van der Waals surface area contributed by atoms with Gasteiger partial charge >= 0.3 is 0 Å². The summed E-state index contributed by atoms with van der Waals surface area (Å²) in [6, 6.07) is 0. The van der Waals surface area contributed by atoms with Crippen LogP contribution in [0.25, 0.3) is 0 Å². The predicted octanol–water partition coefficient (Wildman–Crippen LogP) is 3.15. The Hall–Kier alpha value is -0.0800. The van der Waals surface area contributed by atoms with Crippen molar-refractivity contribution in [3.63, 3.8) is 0 Å². The fourth-order valence-corrected chi connectivity index (χ4v) is 1.71. The predicted molar refractivity (Wildman–Crippen MR) is 64.0 cm³/mol. The third kappa shape index (κ3) is 8.52. The Bertz CT molecular complexity index is 121. The molecule has 0 heterocycles. The van der Waals surface area contributed by atoms with E-state index in [0.29, 0.717) is 0 Å². The Morgan fingerprint density at radius 2 is 1.14 bits per heavy atom. The Balaban J connectivity index is 3.40. The number of nitrogens with two attached hydrogens (primary N) is 2. The van der Waals surface area contributed by atoms with Crippen molar-refractivity contribution in [2.75, 3.05) is 0 Å². The van der Waals surface area contributed by atoms with Gasteiger partial charge in [-0.2, -0.15) is 0 Å². The fraction of sp³-hybridized carbons (Fsp3) is 1.00. The summed E-state index contributed by atoms with van der Waals surface area (Å²) in [5.74, 6) is 0. The molecule has 14 heavy (non-hydrogen) atoms. The van der Waals surface area contributed by atoms with E-state index in [2.05, 4.69) is 13.8 Å². The Labute approximate surface area is 89.4 Å². The maximum Gasteiger partial charge on any atom is 0.0636 e. The SMILES string of the molecule is CCCCCCC(N)(N)CCCCC. The minimum Gasteiger partial charge on any atom is -0.313 e. The molecule has 0 atom stereocenters. The monoisotopic (exact) mass is 200 g/mol. The van der Waals surface area contributed by atoms with Crippen molar-refractivity contribution in [3.05, 3.63) is 0 Å². The molecule has 0 bridgehead atoms. The maximum atomic E-state index is 6.02. The van der Waals surface area contributed by atoms with Gasteiger partial charge in [-0.25, -0.2) is 0 Å². The molecule has 0 rings (SSSR count). The van der Waals surface area contributed by atoms with Crippen molar-refractivity contribution in [2.45, 2.75) is 77.3 Å². The van der Waals surface area contributed by atoms with Crippen LogP contribution in [0.1, 0.15) is 71.6 Å². The van der Waals surface area contributed by atoms with Crippen LogP contribution in [0, 0.1) is 0 Å². The second-order valence-corrected chi connectivity index (χ2v) is 4.50. The molecule has 0 aromatic carbocycles. The van der Waals surface area contributed by atoms with Crippen molar-refractivity contribution in [2.24, 2.45) is 11.5 Å². The van der Waals surface area contributed by atoms with Crippen LogP contribution in [0.15, 0.2) is 0 Å². The second-order valence-electron chi connectivity index (χ2n) is 4.50. The van der Waals surface area contributed by atoms with Crippen molar-refractivity contribution < 1.29 is 0 Å². The van der Waals surface area contributed by atoms with Crippen molar-refractivity contribution in [1.29, 1.82) is 0 Å². The van der Waals surface area contributed by atoms with Gasteiger partial charge < -0.3 is 11.5 Å². The van der Waals surface area contributed by atoms with E-state index >= 15 is 0 Å². The van der Waals surface area contributed by atoms with Crippen molar-refractivity contribution in [3.8, 4) is 0 Å². The molecule has 0 amide bonds. The molecule has 0 fully saturated rings. The van der Waals surface area contributed by atoms with E-state index in [1.165, 1.54) is 44.9 Å². The maximum absolute atomic E-state index is 6.02. The van der Waals surface area contributed by atoms with Gasteiger partial charge in [-0.05, 0) is 12.8 Å². The summed E-state index contributed by atoms with van der Waals surface area (Å²) in [6.45, 7) is 4.43. The van der Waals surface area contributed by atoms with Crippen LogP contribution in [0.2, 0.25) is 0 Å². The van der Waals surface area contributed by atoms with Crippen molar-refractivity contribution in [1.82, 2.24) is 0 Å². The Morgan fingerprint density at radius 3 is 1.64 bits per heavy atom. The summed E-state index contributed by atoms with van der Waals surface area (Å²) >= 11 is 0. The molecule has 0 aliphatic carbocycles. The van der Waals surface area contributed by atoms with Crippen LogP contribution in [0.3, 0.4) is 0 Å². The molecule has 2 heteroatoms. The Kier molecular flexibility index (Phi) is 8.20. The van der Waals surface area contributed by atoms with E-state index < -0.39 is 5.66 Å². The molecular formula is C12H28N2. The largest absolute Gasteiger partial charge is 0.313 e. The van der Waals surface area contributed by atoms with E-state index in [-0.39, 0.29) is 0 Å². The zero-order chi connectivity index (χ0) is 10.9. The standard InChI is InChI=1S/C12H28N2/c1-3-5-7-9-11-12(13,14)10-8-6-4-2/h3-11,13-14H2,1-2H3. The number of hydrogen-bond donors (Lipinski definition) is 2. The lowest BCUT2D eigenvalue weighted by Crippen LogP contribution is -2.49. The molecule has 0 aromatic heterocycles. The first-order chi connectivity index (χ1) is 6.62. The van der Waals surface area contributed by atoms with Crippen LogP contribution in [0.4, 0.5) is 0 Å². The molecule has 0 aliphatic heterocycles. The average molecular weight is 200 g/mol. The lowest BCUT2D eigenvalue weighted by atomic mass is 9.96. The molecule has 0 aromatic rings. The summed E-state index contributed by atoms with van der Waals surface area (Å²) in [4.78, 5) is 0. The summed E-state index contributed by atoms with van der Waals surface area (Å²) in [5, 5.41) is 0. The summed E-state index contributed by atoms with van der Waals surface area (Å²) in [6.07, 6.45) is 10.7. The zero-order valence-electron chi connectivity index (χ0n) is 10.0. The van der Waals surface area contributed by atoms with Crippen LogP contribution in [-0.2, 0) is 0 Å². The lowest BCUT2D eigenvalue weighted by molar-refractivity contribution is 0.348. The van der Waals surface area contributed by atoms with Gasteiger partial charge in [0.05, 0.1) is 5.66 Å². The van der Waals surface area contributed by atoms with E-state index in [0.717, 1.165) is 12.8 Å². The van der Waals surface area contributed by atoms with Gasteiger partial charge in [0, 0.05) is 0 Å². The summed E-state index contributed by atoms with van der Waals surface area (Å²) in [7, 11) is 0. The molecule has 0 aliphatic rings. The zero-order valence-corrected chi connectivity index (χ0v) is 10.0. The molecular weight excluding hydrogens is 172 g/mol. The lowest BCUT2D eigenvalue weighted by Gasteiger charge is -2.24. The van der Waals surface area contributed by atoms with E-state index in [1.807, 2.05) is 0 Å². The topological polar surface area (TPSA) is 52.0 Å². The molecule has 2 nitrogen and oxygen atoms in total. The van der Waals surface area contributed by atoms with Gasteiger partial charge in [-0.1, -0.05) is 58.8 Å². The minimum absolute atomic E-state index is 0.400. The second kappa shape index (κ2) is 8.25. The smallest absolute Gasteiger partial charge is 0.0636 e. The normalized spacial score (nSPS) is 12.0. The fourth-order valence-electron chi connectivity index (χ4n) is 1.71. The quantitative estimate of drug-likeness (QED) is 0.444. The van der Waals surface area contributed by atoms with Gasteiger partial charge in [0.15, 0.2) is 0 Å². The van der Waals surface area contributed by atoms with Gasteiger partial charge in [-0.3, -0.25) is 0 Å². The van der Waals surface area contributed by atoms with Crippen molar-refractivity contribution >= 4 is 0 Å². The highest BCUT2D eigenvalue weighted by molar-refractivity contribution is 4.76. The van der Waals surface area contributed by atoms with E-state index in [4.69, 9.17) is 11.5 Å². The first-order valence-electron chi connectivity index (χ1n) is 6.20. The number of unbranched alkanes of at least 4 members (excludes halogenated alkanes) is 5. The van der Waals surface area contributed by atoms with Crippen LogP contribution < -0.4 is 11.5 Å². The number of hydrogen-bond acceptors (Lipinski definition) is 2. The highest BCUT2D eigenvalue weighted by Crippen LogP contribution is 2.15. The highest BCUT2D eigenvalue weighted by atomic mass is 14.9. The highest BCUT2D eigenvalue weighted by Gasteiger charge is 2.17.